The van der Waals surface area contributed by atoms with Crippen LogP contribution in [0.25, 0.3) is 0 Å². The van der Waals surface area contributed by atoms with Gasteiger partial charge < -0.3 is 4.90 Å². The van der Waals surface area contributed by atoms with Crippen LogP contribution in [0.1, 0.15) is 25.0 Å². The van der Waals surface area contributed by atoms with E-state index >= 15 is 0 Å². The number of rotatable bonds is 1. The monoisotopic (exact) mass is 225 g/mol. The van der Waals surface area contributed by atoms with Crippen LogP contribution >= 0.6 is 11.6 Å². The molecule has 1 aliphatic heterocycles. The van der Waals surface area contributed by atoms with Crippen LogP contribution in [0.2, 0.25) is 0 Å². The zero-order chi connectivity index (χ0) is 10.7. The number of aromatic nitrogens is 2. The fourth-order valence-electron chi connectivity index (χ4n) is 1.85. The molecule has 1 unspecified atom stereocenters. The van der Waals surface area contributed by atoms with Crippen molar-refractivity contribution >= 4 is 17.4 Å². The molecule has 3 nitrogen and oxygen atoms in total. The van der Waals surface area contributed by atoms with E-state index in [1.165, 1.54) is 0 Å². The van der Waals surface area contributed by atoms with Gasteiger partial charge in [-0.2, -0.15) is 5.10 Å². The second-order valence-electron chi connectivity index (χ2n) is 4.05. The molecule has 0 N–H and O–H groups in total. The summed E-state index contributed by atoms with van der Waals surface area (Å²) in [4.78, 5) is 2.27. The lowest BCUT2D eigenvalue weighted by molar-refractivity contribution is 0.735. The number of nitrogens with zero attached hydrogens (tertiary/aromatic N) is 3. The van der Waals surface area contributed by atoms with Crippen LogP contribution in [0.5, 0.6) is 0 Å². The summed E-state index contributed by atoms with van der Waals surface area (Å²) in [5.74, 6) is 0.978. The lowest BCUT2D eigenvalue weighted by Gasteiger charge is -2.20. The highest BCUT2D eigenvalue weighted by Gasteiger charge is 2.16. The molecule has 1 aliphatic rings. The summed E-state index contributed by atoms with van der Waals surface area (Å²) in [5.41, 5.74) is 0.962. The van der Waals surface area contributed by atoms with Crippen LogP contribution in [0.3, 0.4) is 0 Å². The predicted molar refractivity (Wildman–Crippen MR) is 62.5 cm³/mol. The van der Waals surface area contributed by atoms with Gasteiger partial charge in [-0.3, -0.25) is 0 Å². The van der Waals surface area contributed by atoms with Crippen LogP contribution in [-0.4, -0.2) is 28.7 Å². The maximum Gasteiger partial charge on any atom is 0.151 e. The molecular weight excluding hydrogens is 210 g/mol. The molecule has 2 rings (SSSR count). The lowest BCUT2D eigenvalue weighted by Crippen LogP contribution is -2.25. The Morgan fingerprint density at radius 2 is 2.13 bits per heavy atom. The van der Waals surface area contributed by atoms with E-state index in [0.717, 1.165) is 43.9 Å². The number of aryl methyl sites for hydroxylation is 1. The Morgan fingerprint density at radius 1 is 1.27 bits per heavy atom. The van der Waals surface area contributed by atoms with E-state index in [1.807, 2.05) is 19.1 Å². The molecule has 1 aromatic rings. The average molecular weight is 226 g/mol. The molecule has 15 heavy (non-hydrogen) atoms. The minimum Gasteiger partial charge on any atom is -0.355 e. The van der Waals surface area contributed by atoms with Gasteiger partial charge >= 0.3 is 0 Å². The van der Waals surface area contributed by atoms with Gasteiger partial charge in [0.2, 0.25) is 0 Å². The first kappa shape index (κ1) is 10.7. The highest BCUT2D eigenvalue weighted by Crippen LogP contribution is 2.19. The Labute approximate surface area is 95.5 Å². The van der Waals surface area contributed by atoms with E-state index in [0.29, 0.717) is 5.38 Å². The number of hydrogen-bond donors (Lipinski definition) is 0. The van der Waals surface area contributed by atoms with Gasteiger partial charge in [-0.15, -0.1) is 16.7 Å². The molecule has 2 heterocycles. The topological polar surface area (TPSA) is 29.0 Å². The van der Waals surface area contributed by atoms with Crippen LogP contribution < -0.4 is 4.90 Å². The number of halogens is 1. The summed E-state index contributed by atoms with van der Waals surface area (Å²) >= 11 is 6.14. The van der Waals surface area contributed by atoms with Gasteiger partial charge in [0, 0.05) is 18.5 Å². The largest absolute Gasteiger partial charge is 0.355 e. The first-order valence-electron chi connectivity index (χ1n) is 5.45. The summed E-state index contributed by atoms with van der Waals surface area (Å²) < 4.78 is 0. The van der Waals surface area contributed by atoms with Crippen molar-refractivity contribution in [2.45, 2.75) is 31.6 Å². The zero-order valence-corrected chi connectivity index (χ0v) is 9.74. The summed E-state index contributed by atoms with van der Waals surface area (Å²) in [6.45, 7) is 3.99. The maximum absolute atomic E-state index is 6.14. The van der Waals surface area contributed by atoms with Crippen molar-refractivity contribution in [1.82, 2.24) is 10.2 Å². The standard InChI is InChI=1S/C11H16ClN3/c1-9-4-5-11(14-13-9)15-7-2-3-10(12)6-8-15/h4-5,10H,2-3,6-8H2,1H3. The number of alkyl halides is 1. The number of hydrogen-bond acceptors (Lipinski definition) is 3. The van der Waals surface area contributed by atoms with E-state index in [1.54, 1.807) is 0 Å². The zero-order valence-electron chi connectivity index (χ0n) is 8.99. The fourth-order valence-corrected chi connectivity index (χ4v) is 2.10. The minimum absolute atomic E-state index is 0.327. The van der Waals surface area contributed by atoms with Gasteiger partial charge in [-0.05, 0) is 38.3 Å². The van der Waals surface area contributed by atoms with E-state index in [9.17, 15) is 0 Å². The van der Waals surface area contributed by atoms with Crippen molar-refractivity contribution in [3.63, 3.8) is 0 Å². The van der Waals surface area contributed by atoms with Gasteiger partial charge in [-0.1, -0.05) is 0 Å². The van der Waals surface area contributed by atoms with Crippen LogP contribution in [0.4, 0.5) is 5.82 Å². The molecule has 0 spiro atoms. The lowest BCUT2D eigenvalue weighted by atomic mass is 10.2. The number of anilines is 1. The molecule has 0 bridgehead atoms. The molecule has 82 valence electrons. The minimum atomic E-state index is 0.327. The van der Waals surface area contributed by atoms with Crippen molar-refractivity contribution in [3.05, 3.63) is 17.8 Å². The highest BCUT2D eigenvalue weighted by molar-refractivity contribution is 6.20. The summed E-state index contributed by atoms with van der Waals surface area (Å²) in [6, 6.07) is 4.04. The fraction of sp³-hybridized carbons (Fsp3) is 0.636. The van der Waals surface area contributed by atoms with Crippen molar-refractivity contribution in [1.29, 1.82) is 0 Å². The predicted octanol–water partition coefficient (Wildman–Crippen LogP) is 2.38. The van der Waals surface area contributed by atoms with Crippen molar-refractivity contribution in [2.24, 2.45) is 0 Å². The van der Waals surface area contributed by atoms with Crippen LogP contribution in [0, 0.1) is 6.92 Å². The Morgan fingerprint density at radius 3 is 2.87 bits per heavy atom. The molecule has 0 aromatic carbocycles. The SMILES string of the molecule is Cc1ccc(N2CCCC(Cl)CC2)nn1. The summed E-state index contributed by atoms with van der Waals surface area (Å²) in [7, 11) is 0. The quantitative estimate of drug-likeness (QED) is 0.688. The van der Waals surface area contributed by atoms with Gasteiger partial charge in [0.1, 0.15) is 0 Å². The molecule has 1 saturated heterocycles. The highest BCUT2D eigenvalue weighted by atomic mass is 35.5. The molecule has 0 aliphatic carbocycles. The summed E-state index contributed by atoms with van der Waals surface area (Å²) in [5, 5.41) is 8.61. The third-order valence-corrected chi connectivity index (χ3v) is 3.20. The summed E-state index contributed by atoms with van der Waals surface area (Å²) in [6.07, 6.45) is 3.29. The van der Waals surface area contributed by atoms with Crippen molar-refractivity contribution in [2.75, 3.05) is 18.0 Å². The van der Waals surface area contributed by atoms with Gasteiger partial charge in [0.25, 0.3) is 0 Å². The van der Waals surface area contributed by atoms with E-state index in [2.05, 4.69) is 15.1 Å². The first-order valence-corrected chi connectivity index (χ1v) is 5.89. The van der Waals surface area contributed by atoms with Gasteiger partial charge in [0.05, 0.1) is 5.69 Å². The Bertz CT molecular complexity index is 312. The molecule has 1 fully saturated rings. The molecule has 0 radical (unpaired) electrons. The Balaban J connectivity index is 2.06. The maximum atomic E-state index is 6.14. The van der Waals surface area contributed by atoms with Crippen molar-refractivity contribution in [3.8, 4) is 0 Å². The molecule has 4 heteroatoms. The van der Waals surface area contributed by atoms with Gasteiger partial charge in [-0.25, -0.2) is 0 Å². The van der Waals surface area contributed by atoms with Crippen LogP contribution in [-0.2, 0) is 0 Å². The first-order chi connectivity index (χ1) is 7.25. The molecule has 0 amide bonds. The Hall–Kier alpha value is -0.830. The third kappa shape index (κ3) is 2.81. The average Bonchev–Trinajstić information content (AvgIpc) is 2.44. The Kier molecular flexibility index (Phi) is 3.41. The van der Waals surface area contributed by atoms with Gasteiger partial charge in [0.15, 0.2) is 5.82 Å². The molecule has 0 saturated carbocycles. The second kappa shape index (κ2) is 4.79. The van der Waals surface area contributed by atoms with Crippen LogP contribution in [0.15, 0.2) is 12.1 Å². The normalized spacial score (nSPS) is 22.5. The van der Waals surface area contributed by atoms with E-state index < -0.39 is 0 Å². The molecule has 1 aromatic heterocycles. The third-order valence-electron chi connectivity index (χ3n) is 2.77. The second-order valence-corrected chi connectivity index (χ2v) is 4.67. The van der Waals surface area contributed by atoms with E-state index in [4.69, 9.17) is 11.6 Å². The smallest absolute Gasteiger partial charge is 0.151 e. The van der Waals surface area contributed by atoms with E-state index in [-0.39, 0.29) is 0 Å². The molecular formula is C11H16ClN3. The molecule has 1 atom stereocenters. The van der Waals surface area contributed by atoms with Crippen molar-refractivity contribution < 1.29 is 0 Å².